The van der Waals surface area contributed by atoms with E-state index < -0.39 is 0 Å². The summed E-state index contributed by atoms with van der Waals surface area (Å²) in [6, 6.07) is 0. The highest BCUT2D eigenvalue weighted by Crippen LogP contribution is 2.08. The highest BCUT2D eigenvalue weighted by atomic mass is 19.0. The number of hydrogen-bond donors (Lipinski definition) is 1. The highest BCUT2D eigenvalue weighted by molar-refractivity contribution is 5.75. The summed E-state index contributed by atoms with van der Waals surface area (Å²) in [6.07, 6.45) is 10.5. The molecule has 0 amide bonds. The van der Waals surface area contributed by atoms with Gasteiger partial charge in [-0.05, 0) is 6.42 Å². The van der Waals surface area contributed by atoms with Crippen molar-refractivity contribution >= 4 is 5.90 Å². The fourth-order valence-electron chi connectivity index (χ4n) is 1.94. The molecular weight excluding hydrogens is 273 g/mol. The maximum absolute atomic E-state index is 7.64. The van der Waals surface area contributed by atoms with Gasteiger partial charge in [0.15, 0.2) is 12.7 Å². The van der Waals surface area contributed by atoms with Gasteiger partial charge in [-0.15, -0.1) is 0 Å². The Morgan fingerprint density at radius 1 is 1.00 bits per heavy atom. The Morgan fingerprint density at radius 2 is 1.57 bits per heavy atom. The van der Waals surface area contributed by atoms with E-state index in [9.17, 15) is 0 Å². The van der Waals surface area contributed by atoms with E-state index >= 15 is 0 Å². The summed E-state index contributed by atoms with van der Waals surface area (Å²) in [4.78, 5) is 0. The first-order chi connectivity index (χ1) is 9.72. The van der Waals surface area contributed by atoms with Crippen LogP contribution >= 0.6 is 0 Å². The van der Waals surface area contributed by atoms with Crippen LogP contribution in [0.1, 0.15) is 65.2 Å². The van der Waals surface area contributed by atoms with E-state index in [2.05, 4.69) is 6.92 Å². The number of ether oxygens (including phenoxy) is 3. The summed E-state index contributed by atoms with van der Waals surface area (Å²) in [7, 11) is 1.55. The molecule has 0 fully saturated rings. The van der Waals surface area contributed by atoms with Gasteiger partial charge < -0.3 is 14.2 Å². The Labute approximate surface area is 129 Å². The normalized spacial score (nSPS) is 11.8. The maximum atomic E-state index is 7.64. The third kappa shape index (κ3) is 15.5. The van der Waals surface area contributed by atoms with E-state index in [0.29, 0.717) is 6.61 Å². The third-order valence-corrected chi connectivity index (χ3v) is 3.29. The van der Waals surface area contributed by atoms with Crippen molar-refractivity contribution < 1.29 is 18.9 Å². The summed E-state index contributed by atoms with van der Waals surface area (Å²) in [5.41, 5.74) is 0. The second kappa shape index (κ2) is 17.4. The lowest BCUT2D eigenvalue weighted by Gasteiger charge is -2.13. The Kier molecular flexibility index (Phi) is 18.7. The smallest absolute Gasteiger partial charge is 0.190 e. The number of nitrogens with one attached hydrogen (secondary N) is 1. The molecule has 0 aromatic carbocycles. The lowest BCUT2D eigenvalue weighted by atomic mass is 10.1. The second-order valence-corrected chi connectivity index (χ2v) is 5.37. The molecule has 0 aliphatic carbocycles. The lowest BCUT2D eigenvalue weighted by Crippen LogP contribution is -2.20. The standard InChI is InChI=1S/C16H33NO3.FH/c1-4-5-6-7-8-9-10-11-12-19-13-15(2)16(17)20-14-18-3;/h15,17H,4-14H2,1-3H3;1H. The number of unbranched alkanes of at least 4 members (excludes halogenated alkanes) is 7. The average molecular weight is 307 g/mol. The van der Waals surface area contributed by atoms with Gasteiger partial charge in [0.2, 0.25) is 0 Å². The van der Waals surface area contributed by atoms with Gasteiger partial charge in [0, 0.05) is 13.7 Å². The van der Waals surface area contributed by atoms with E-state index in [-0.39, 0.29) is 23.3 Å². The van der Waals surface area contributed by atoms with E-state index in [4.69, 9.17) is 19.6 Å². The summed E-state index contributed by atoms with van der Waals surface area (Å²) in [6.45, 7) is 5.67. The molecule has 0 heterocycles. The van der Waals surface area contributed by atoms with Crippen LogP contribution in [0, 0.1) is 11.3 Å². The van der Waals surface area contributed by atoms with E-state index in [0.717, 1.165) is 13.0 Å². The first-order valence-corrected chi connectivity index (χ1v) is 8.00. The summed E-state index contributed by atoms with van der Waals surface area (Å²) in [5, 5.41) is 7.64. The predicted octanol–water partition coefficient (Wildman–Crippen LogP) is 4.53. The van der Waals surface area contributed by atoms with Gasteiger partial charge >= 0.3 is 0 Å². The van der Waals surface area contributed by atoms with Gasteiger partial charge in [-0.2, -0.15) is 0 Å². The molecule has 0 radical (unpaired) electrons. The zero-order chi connectivity index (χ0) is 15.1. The molecule has 0 saturated heterocycles. The molecule has 0 saturated carbocycles. The van der Waals surface area contributed by atoms with Crippen molar-refractivity contribution in [2.45, 2.75) is 65.2 Å². The minimum absolute atomic E-state index is 0. The van der Waals surface area contributed by atoms with Crippen LogP contribution in [0.25, 0.3) is 0 Å². The molecular formula is C16H34FNO3. The second-order valence-electron chi connectivity index (χ2n) is 5.37. The van der Waals surface area contributed by atoms with Crippen molar-refractivity contribution in [3.05, 3.63) is 0 Å². The van der Waals surface area contributed by atoms with E-state index in [1.807, 2.05) is 6.92 Å². The molecule has 0 bridgehead atoms. The van der Waals surface area contributed by atoms with E-state index in [1.165, 1.54) is 44.9 Å². The molecule has 128 valence electrons. The molecule has 0 aliphatic heterocycles. The van der Waals surface area contributed by atoms with Crippen molar-refractivity contribution in [2.24, 2.45) is 5.92 Å². The van der Waals surface area contributed by atoms with Crippen LogP contribution in [0.15, 0.2) is 0 Å². The van der Waals surface area contributed by atoms with Crippen LogP contribution in [-0.4, -0.2) is 33.0 Å². The Balaban J connectivity index is 0. The van der Waals surface area contributed by atoms with Crippen LogP contribution in [0.2, 0.25) is 0 Å². The van der Waals surface area contributed by atoms with Crippen molar-refractivity contribution in [2.75, 3.05) is 27.1 Å². The third-order valence-electron chi connectivity index (χ3n) is 3.29. The monoisotopic (exact) mass is 307 g/mol. The number of hydrogen-bond acceptors (Lipinski definition) is 4. The van der Waals surface area contributed by atoms with Crippen molar-refractivity contribution in [3.8, 4) is 0 Å². The van der Waals surface area contributed by atoms with Crippen LogP contribution in [0.5, 0.6) is 0 Å². The first-order valence-electron chi connectivity index (χ1n) is 8.00. The predicted molar refractivity (Wildman–Crippen MR) is 85.8 cm³/mol. The molecule has 1 unspecified atom stereocenters. The SMILES string of the molecule is CCCCCCCCCCOCC(C)C(=N)OCOC.F. The quantitative estimate of drug-likeness (QED) is 0.222. The van der Waals surface area contributed by atoms with Crippen LogP contribution < -0.4 is 0 Å². The molecule has 0 rings (SSSR count). The maximum Gasteiger partial charge on any atom is 0.190 e. The van der Waals surface area contributed by atoms with Gasteiger partial charge in [0.25, 0.3) is 0 Å². The van der Waals surface area contributed by atoms with Gasteiger partial charge in [0.05, 0.1) is 12.5 Å². The van der Waals surface area contributed by atoms with Crippen LogP contribution in [0.4, 0.5) is 4.70 Å². The molecule has 21 heavy (non-hydrogen) atoms. The average Bonchev–Trinajstić information content (AvgIpc) is 2.46. The molecule has 0 aliphatic rings. The summed E-state index contributed by atoms with van der Waals surface area (Å²) >= 11 is 0. The zero-order valence-electron chi connectivity index (χ0n) is 14.0. The topological polar surface area (TPSA) is 51.5 Å². The molecule has 0 aromatic rings. The Morgan fingerprint density at radius 3 is 2.14 bits per heavy atom. The van der Waals surface area contributed by atoms with Crippen molar-refractivity contribution in [1.82, 2.24) is 0 Å². The molecule has 4 nitrogen and oxygen atoms in total. The lowest BCUT2D eigenvalue weighted by molar-refractivity contribution is 0.0308. The van der Waals surface area contributed by atoms with Crippen molar-refractivity contribution in [3.63, 3.8) is 0 Å². The largest absolute Gasteiger partial charge is 0.455 e. The number of methoxy groups -OCH3 is 1. The van der Waals surface area contributed by atoms with E-state index in [1.54, 1.807) is 7.11 Å². The first kappa shape index (κ1) is 22.6. The Hall–Kier alpha value is -0.680. The van der Waals surface area contributed by atoms with Crippen LogP contribution in [0.3, 0.4) is 0 Å². The number of halogens is 1. The fraction of sp³-hybridized carbons (Fsp3) is 0.938. The fourth-order valence-corrected chi connectivity index (χ4v) is 1.94. The van der Waals surface area contributed by atoms with Crippen molar-refractivity contribution in [1.29, 1.82) is 5.41 Å². The minimum atomic E-state index is -0.000746. The molecule has 1 N–H and O–H groups in total. The molecule has 0 aromatic heterocycles. The van der Waals surface area contributed by atoms with Gasteiger partial charge in [-0.1, -0.05) is 58.8 Å². The molecule has 1 atom stereocenters. The summed E-state index contributed by atoms with van der Waals surface area (Å²) < 4.78 is 15.4. The van der Waals surface area contributed by atoms with Gasteiger partial charge in [-0.25, -0.2) is 0 Å². The summed E-state index contributed by atoms with van der Waals surface area (Å²) in [5.74, 6) is 0.238. The van der Waals surface area contributed by atoms with Crippen LogP contribution in [-0.2, 0) is 14.2 Å². The van der Waals surface area contributed by atoms with Gasteiger partial charge in [0.1, 0.15) is 0 Å². The highest BCUT2D eigenvalue weighted by Gasteiger charge is 2.10. The zero-order valence-corrected chi connectivity index (χ0v) is 14.0. The minimum Gasteiger partial charge on any atom is -0.455 e. The van der Waals surface area contributed by atoms with Gasteiger partial charge in [-0.3, -0.25) is 10.1 Å². The molecule has 5 heteroatoms. The number of rotatable bonds is 14. The molecule has 0 spiro atoms. The Bertz CT molecular complexity index is 228.